The van der Waals surface area contributed by atoms with Crippen molar-refractivity contribution >= 4 is 15.7 Å². The summed E-state index contributed by atoms with van der Waals surface area (Å²) in [5.41, 5.74) is 1.07. The van der Waals surface area contributed by atoms with Crippen molar-refractivity contribution in [3.8, 4) is 0 Å². The Labute approximate surface area is 167 Å². The summed E-state index contributed by atoms with van der Waals surface area (Å²) in [4.78, 5) is 16.7. The van der Waals surface area contributed by atoms with Crippen LogP contribution in [0.15, 0.2) is 42.7 Å². The molecule has 1 aromatic carbocycles. The predicted molar refractivity (Wildman–Crippen MR) is 109 cm³/mol. The van der Waals surface area contributed by atoms with Crippen LogP contribution in [0, 0.1) is 5.92 Å². The molecule has 0 saturated heterocycles. The number of aromatic nitrogens is 2. The Bertz CT molecular complexity index is 885. The highest BCUT2D eigenvalue weighted by Gasteiger charge is 2.31. The van der Waals surface area contributed by atoms with Crippen molar-refractivity contribution in [3.63, 3.8) is 0 Å². The van der Waals surface area contributed by atoms with E-state index in [1.807, 2.05) is 34.9 Å². The maximum atomic E-state index is 12.8. The lowest BCUT2D eigenvalue weighted by Gasteiger charge is -2.27. The predicted octanol–water partition coefficient (Wildman–Crippen LogP) is 2.93. The van der Waals surface area contributed by atoms with Crippen LogP contribution in [-0.2, 0) is 26.9 Å². The second kappa shape index (κ2) is 8.90. The molecule has 0 spiro atoms. The van der Waals surface area contributed by atoms with Gasteiger partial charge in [-0.25, -0.2) is 13.4 Å². The van der Waals surface area contributed by atoms with Crippen LogP contribution in [0.5, 0.6) is 0 Å². The first-order valence-electron chi connectivity index (χ1n) is 9.91. The molecule has 0 radical (unpaired) electrons. The van der Waals surface area contributed by atoms with Gasteiger partial charge in [0.1, 0.15) is 16.8 Å². The number of rotatable bonds is 7. The van der Waals surface area contributed by atoms with Gasteiger partial charge in [0, 0.05) is 25.0 Å². The molecule has 2 aromatic rings. The lowest BCUT2D eigenvalue weighted by Crippen LogP contribution is -2.45. The molecule has 6 nitrogen and oxygen atoms in total. The molecule has 1 heterocycles. The largest absolute Gasteiger partial charge is 0.352 e. The second-order valence-electron chi connectivity index (χ2n) is 7.87. The summed E-state index contributed by atoms with van der Waals surface area (Å²) in [6.45, 7) is 4.23. The van der Waals surface area contributed by atoms with Gasteiger partial charge in [0.2, 0.25) is 5.91 Å². The number of carbonyl (C=O) groups is 1. The summed E-state index contributed by atoms with van der Waals surface area (Å²) in [7, 11) is -3.65. The van der Waals surface area contributed by atoms with Gasteiger partial charge in [-0.15, -0.1) is 0 Å². The van der Waals surface area contributed by atoms with Crippen LogP contribution < -0.4 is 5.32 Å². The van der Waals surface area contributed by atoms with Gasteiger partial charge < -0.3 is 9.88 Å². The minimum atomic E-state index is -3.65. The van der Waals surface area contributed by atoms with E-state index in [0.29, 0.717) is 18.3 Å². The number of hydrogen-bond donors (Lipinski definition) is 1. The van der Waals surface area contributed by atoms with Gasteiger partial charge in [-0.3, -0.25) is 4.79 Å². The molecule has 7 heteroatoms. The number of benzene rings is 1. The summed E-state index contributed by atoms with van der Waals surface area (Å²) in [5.74, 6) is 0.483. The molecular weight excluding hydrogens is 374 g/mol. The fourth-order valence-corrected chi connectivity index (χ4v) is 4.84. The van der Waals surface area contributed by atoms with Crippen LogP contribution in [0.3, 0.4) is 0 Å². The number of nitrogens with zero attached hydrogens (tertiary/aromatic N) is 2. The van der Waals surface area contributed by atoms with E-state index in [0.717, 1.165) is 31.2 Å². The molecule has 1 saturated carbocycles. The average Bonchev–Trinajstić information content (AvgIpc) is 3.09. The zero-order chi connectivity index (χ0) is 20.1. The van der Waals surface area contributed by atoms with E-state index in [2.05, 4.69) is 17.2 Å². The fourth-order valence-electron chi connectivity index (χ4n) is 3.60. The van der Waals surface area contributed by atoms with Gasteiger partial charge in [0.25, 0.3) is 0 Å². The quantitative estimate of drug-likeness (QED) is 0.771. The number of imidazole rings is 1. The molecular formula is C21H29N3O3S. The topological polar surface area (TPSA) is 81.1 Å². The third-order valence-electron chi connectivity index (χ3n) is 5.60. The number of nitrogens with one attached hydrogen (secondary N) is 1. The first-order chi connectivity index (χ1) is 13.3. The number of hydrogen-bond acceptors (Lipinski definition) is 4. The van der Waals surface area contributed by atoms with Crippen molar-refractivity contribution in [1.82, 2.24) is 14.9 Å². The van der Waals surface area contributed by atoms with Crippen LogP contribution in [0.2, 0.25) is 0 Å². The van der Waals surface area contributed by atoms with Crippen LogP contribution in [0.25, 0.3) is 0 Å². The van der Waals surface area contributed by atoms with Crippen molar-refractivity contribution in [2.24, 2.45) is 5.92 Å². The summed E-state index contributed by atoms with van der Waals surface area (Å²) in [5, 5.41) is 1.84. The van der Waals surface area contributed by atoms with Crippen LogP contribution >= 0.6 is 0 Å². The van der Waals surface area contributed by atoms with Gasteiger partial charge in [0.15, 0.2) is 9.84 Å². The monoisotopic (exact) mass is 403 g/mol. The molecule has 28 heavy (non-hydrogen) atoms. The Balaban J connectivity index is 1.63. The summed E-state index contributed by atoms with van der Waals surface area (Å²) in [6.07, 6.45) is 7.35. The maximum absolute atomic E-state index is 12.8. The Hall–Kier alpha value is -2.15. The van der Waals surface area contributed by atoms with Crippen LogP contribution in [0.1, 0.15) is 50.9 Å². The van der Waals surface area contributed by atoms with Crippen molar-refractivity contribution in [2.75, 3.05) is 0 Å². The van der Waals surface area contributed by atoms with Crippen LogP contribution in [-0.4, -0.2) is 35.2 Å². The zero-order valence-electron chi connectivity index (χ0n) is 16.5. The number of carbonyl (C=O) groups excluding carboxylic acids is 1. The highest BCUT2D eigenvalue weighted by molar-refractivity contribution is 7.92. The van der Waals surface area contributed by atoms with E-state index in [9.17, 15) is 13.2 Å². The summed E-state index contributed by atoms with van der Waals surface area (Å²) >= 11 is 0. The smallest absolute Gasteiger partial charge is 0.238 e. The van der Waals surface area contributed by atoms with Gasteiger partial charge in [-0.1, -0.05) is 37.3 Å². The molecule has 1 aliphatic carbocycles. The minimum Gasteiger partial charge on any atom is -0.352 e. The normalized spacial score (nSPS) is 21.2. The first kappa shape index (κ1) is 20.6. The molecule has 1 aromatic heterocycles. The molecule has 1 aliphatic rings. The molecule has 1 amide bonds. The molecule has 1 N–H and O–H groups in total. The van der Waals surface area contributed by atoms with Crippen molar-refractivity contribution in [3.05, 3.63) is 54.1 Å². The molecule has 0 bridgehead atoms. The average molecular weight is 404 g/mol. The highest BCUT2D eigenvalue weighted by atomic mass is 32.2. The summed E-state index contributed by atoms with van der Waals surface area (Å²) in [6, 6.07) is 9.89. The molecule has 3 rings (SSSR count). The van der Waals surface area contributed by atoms with Gasteiger partial charge in [-0.05, 0) is 44.1 Å². The van der Waals surface area contributed by atoms with Gasteiger partial charge in [0.05, 0.1) is 0 Å². The first-order valence-corrected chi connectivity index (χ1v) is 11.6. The minimum absolute atomic E-state index is 0.0846. The summed E-state index contributed by atoms with van der Waals surface area (Å²) < 4.78 is 27.5. The molecule has 152 valence electrons. The van der Waals surface area contributed by atoms with Gasteiger partial charge >= 0.3 is 0 Å². The SMILES string of the molecule is CC1CCC(NC(=O)[C@H](C)S(=O)(=O)Cc2nccn2Cc2ccccc2)CC1. The standard InChI is InChI=1S/C21H29N3O3S/c1-16-8-10-19(11-9-16)23-21(25)17(2)28(26,27)15-20-22-12-13-24(20)14-18-6-4-3-5-7-18/h3-7,12-13,16-17,19H,8-11,14-15H2,1-2H3,(H,23,25)/t16?,17-,19?/m0/s1. The van der Waals surface area contributed by atoms with E-state index >= 15 is 0 Å². The van der Waals surface area contributed by atoms with Crippen molar-refractivity contribution < 1.29 is 13.2 Å². The molecule has 0 unspecified atom stereocenters. The van der Waals surface area contributed by atoms with E-state index in [4.69, 9.17) is 0 Å². The Morgan fingerprint density at radius 3 is 2.57 bits per heavy atom. The van der Waals surface area contributed by atoms with Crippen molar-refractivity contribution in [2.45, 2.75) is 63.1 Å². The number of amides is 1. The molecule has 0 aliphatic heterocycles. The Morgan fingerprint density at radius 1 is 1.21 bits per heavy atom. The maximum Gasteiger partial charge on any atom is 0.238 e. The molecule has 1 atom stereocenters. The third kappa shape index (κ3) is 5.22. The van der Waals surface area contributed by atoms with Gasteiger partial charge in [-0.2, -0.15) is 0 Å². The zero-order valence-corrected chi connectivity index (χ0v) is 17.4. The van der Waals surface area contributed by atoms with Crippen molar-refractivity contribution in [1.29, 1.82) is 0 Å². The fraction of sp³-hybridized carbons (Fsp3) is 0.524. The Kier molecular flexibility index (Phi) is 6.54. The lowest BCUT2D eigenvalue weighted by molar-refractivity contribution is -0.121. The Morgan fingerprint density at radius 2 is 1.89 bits per heavy atom. The second-order valence-corrected chi connectivity index (χ2v) is 10.2. The van der Waals surface area contributed by atoms with E-state index < -0.39 is 21.0 Å². The van der Waals surface area contributed by atoms with E-state index in [1.165, 1.54) is 6.92 Å². The van der Waals surface area contributed by atoms with Crippen LogP contribution in [0.4, 0.5) is 0 Å². The number of sulfone groups is 1. The molecule has 1 fully saturated rings. The lowest BCUT2D eigenvalue weighted by atomic mass is 9.87. The highest BCUT2D eigenvalue weighted by Crippen LogP contribution is 2.23. The third-order valence-corrected chi connectivity index (χ3v) is 7.55. The van der Waals surface area contributed by atoms with E-state index in [-0.39, 0.29) is 11.8 Å². The van der Waals surface area contributed by atoms with E-state index in [1.54, 1.807) is 12.4 Å².